The number of rotatable bonds is 5. The van der Waals surface area contributed by atoms with Gasteiger partial charge in [0.1, 0.15) is 6.17 Å². The van der Waals surface area contributed by atoms with E-state index in [9.17, 15) is 4.39 Å². The third-order valence-electron chi connectivity index (χ3n) is 5.29. The summed E-state index contributed by atoms with van der Waals surface area (Å²) in [6.45, 7) is 4.54. The minimum atomic E-state index is -0.631. The van der Waals surface area contributed by atoms with Gasteiger partial charge < -0.3 is 0 Å². The van der Waals surface area contributed by atoms with Crippen molar-refractivity contribution in [2.75, 3.05) is 18.4 Å². The van der Waals surface area contributed by atoms with Gasteiger partial charge in [-0.05, 0) is 12.8 Å². The molecule has 0 saturated carbocycles. The summed E-state index contributed by atoms with van der Waals surface area (Å²) >= 11 is 1.65. The van der Waals surface area contributed by atoms with Crippen LogP contribution in [0.15, 0.2) is 40.9 Å². The minimum absolute atomic E-state index is 0.0698. The van der Waals surface area contributed by atoms with Crippen LogP contribution in [0.4, 0.5) is 15.2 Å². The maximum absolute atomic E-state index is 13.4. The van der Waals surface area contributed by atoms with Crippen LogP contribution in [0.25, 0.3) is 11.2 Å². The van der Waals surface area contributed by atoms with Crippen molar-refractivity contribution in [2.24, 2.45) is 0 Å². The SMILES string of the molecule is Cc1cn2c(C3=CN[I-]C=C3)cnc2c(Nc2ccc(CN3CCC(F)CC3)s2)n1. The van der Waals surface area contributed by atoms with Crippen molar-refractivity contribution in [3.63, 3.8) is 0 Å². The number of imidazole rings is 1. The molecule has 0 aromatic carbocycles. The molecule has 0 atom stereocenters. The predicted octanol–water partition coefficient (Wildman–Crippen LogP) is 1.24. The molecule has 3 aromatic rings. The van der Waals surface area contributed by atoms with Gasteiger partial charge in [-0.2, -0.15) is 0 Å². The number of halogens is 2. The summed E-state index contributed by atoms with van der Waals surface area (Å²) in [4.78, 5) is 12.9. The fraction of sp³-hybridized carbons (Fsp3) is 0.333. The Bertz CT molecular complexity index is 1110. The van der Waals surface area contributed by atoms with Crippen molar-refractivity contribution >= 4 is 33.4 Å². The molecular weight excluding hydrogens is 514 g/mol. The molecule has 1 fully saturated rings. The number of aromatic nitrogens is 3. The number of fused-ring (bicyclic) bond motifs is 1. The van der Waals surface area contributed by atoms with Crippen LogP contribution in [0.3, 0.4) is 0 Å². The summed E-state index contributed by atoms with van der Waals surface area (Å²) in [5, 5.41) is 4.51. The number of anilines is 2. The number of piperidine rings is 1. The second-order valence-electron chi connectivity index (χ2n) is 7.52. The number of nitrogens with zero attached hydrogens (tertiary/aromatic N) is 4. The molecule has 30 heavy (non-hydrogen) atoms. The molecule has 2 N–H and O–H groups in total. The fourth-order valence-corrected chi connectivity index (χ4v) is 6.01. The van der Waals surface area contributed by atoms with Crippen molar-refractivity contribution in [2.45, 2.75) is 32.5 Å². The average Bonchev–Trinajstić information content (AvgIpc) is 3.37. The standard InChI is InChI=1S/C21H23FIN6S/c1-14-12-29-18(15-4-7-23-25-10-15)11-24-21(29)20(26-14)27-19-3-2-17(30-19)13-28-8-5-16(22)6-9-28/h2-4,7,10-12,16,25H,5-6,8-9,13H2,1H3,(H,26,27)/q-1. The summed E-state index contributed by atoms with van der Waals surface area (Å²) < 4.78 is 21.0. The normalized spacial score (nSPS) is 18.1. The quantitative estimate of drug-likeness (QED) is 0.379. The van der Waals surface area contributed by atoms with E-state index in [1.165, 1.54) is 4.88 Å². The molecule has 3 aromatic heterocycles. The number of allylic oxidation sites excluding steroid dienone is 2. The summed E-state index contributed by atoms with van der Waals surface area (Å²) in [7, 11) is 0. The van der Waals surface area contributed by atoms with Gasteiger partial charge in [-0.15, -0.1) is 0 Å². The third kappa shape index (κ3) is 4.23. The van der Waals surface area contributed by atoms with E-state index < -0.39 is 6.17 Å². The molecule has 2 aliphatic rings. The Morgan fingerprint density at radius 3 is 3.00 bits per heavy atom. The van der Waals surface area contributed by atoms with Gasteiger partial charge in [0, 0.05) is 13.1 Å². The monoisotopic (exact) mass is 537 g/mol. The van der Waals surface area contributed by atoms with Crippen LogP contribution in [0.5, 0.6) is 0 Å². The number of hydrogen-bond acceptors (Lipinski definition) is 6. The van der Waals surface area contributed by atoms with Crippen LogP contribution in [-0.4, -0.2) is 38.5 Å². The van der Waals surface area contributed by atoms with Crippen molar-refractivity contribution in [1.82, 2.24) is 22.8 Å². The number of hydrogen-bond donors (Lipinski definition) is 2. The molecule has 5 rings (SSSR count). The van der Waals surface area contributed by atoms with Crippen LogP contribution in [-0.2, 0) is 6.54 Å². The van der Waals surface area contributed by atoms with Crippen molar-refractivity contribution < 1.29 is 25.9 Å². The first-order valence-corrected chi connectivity index (χ1v) is 13.1. The predicted molar refractivity (Wildman–Crippen MR) is 115 cm³/mol. The van der Waals surface area contributed by atoms with E-state index in [1.807, 2.05) is 19.3 Å². The van der Waals surface area contributed by atoms with Gasteiger partial charge in [0.15, 0.2) is 0 Å². The molecule has 158 valence electrons. The summed E-state index contributed by atoms with van der Waals surface area (Å²) in [6.07, 6.45) is 8.81. The zero-order valence-electron chi connectivity index (χ0n) is 16.6. The Balaban J connectivity index is 1.37. The molecule has 0 bridgehead atoms. The second kappa shape index (κ2) is 8.64. The van der Waals surface area contributed by atoms with Gasteiger partial charge in [-0.1, -0.05) is 0 Å². The summed E-state index contributed by atoms with van der Waals surface area (Å²) in [6, 6.07) is 4.23. The molecule has 2 aliphatic heterocycles. The molecule has 6 nitrogen and oxygen atoms in total. The fourth-order valence-electron chi connectivity index (χ4n) is 3.77. The van der Waals surface area contributed by atoms with E-state index in [4.69, 9.17) is 4.98 Å². The maximum atomic E-state index is 13.4. The van der Waals surface area contributed by atoms with E-state index in [2.05, 4.69) is 51.6 Å². The molecule has 0 unspecified atom stereocenters. The molecular formula is C21H23FIN6S-. The van der Waals surface area contributed by atoms with Gasteiger partial charge in [0.25, 0.3) is 0 Å². The van der Waals surface area contributed by atoms with Gasteiger partial charge in [-0.25, -0.2) is 4.39 Å². The number of alkyl halides is 1. The van der Waals surface area contributed by atoms with Crippen molar-refractivity contribution in [3.8, 4) is 0 Å². The average molecular weight is 537 g/mol. The molecule has 9 heteroatoms. The van der Waals surface area contributed by atoms with Gasteiger partial charge in [0.05, 0.1) is 0 Å². The number of likely N-dealkylation sites (tertiary alicyclic amines) is 1. The van der Waals surface area contributed by atoms with Crippen LogP contribution >= 0.6 is 11.3 Å². The zero-order chi connectivity index (χ0) is 20.5. The van der Waals surface area contributed by atoms with Crippen LogP contribution < -0.4 is 30.3 Å². The Morgan fingerprint density at radius 2 is 2.20 bits per heavy atom. The number of nitrogens with one attached hydrogen (secondary N) is 2. The number of thiophene rings is 1. The molecule has 0 spiro atoms. The molecule has 0 radical (unpaired) electrons. The molecule has 5 heterocycles. The first-order valence-electron chi connectivity index (χ1n) is 9.97. The van der Waals surface area contributed by atoms with E-state index in [0.29, 0.717) is 12.8 Å². The van der Waals surface area contributed by atoms with Crippen LogP contribution in [0.2, 0.25) is 0 Å². The topological polar surface area (TPSA) is 57.5 Å². The van der Waals surface area contributed by atoms with Crippen LogP contribution in [0.1, 0.15) is 29.1 Å². The van der Waals surface area contributed by atoms with E-state index in [-0.39, 0.29) is 21.5 Å². The van der Waals surface area contributed by atoms with E-state index in [0.717, 1.165) is 53.1 Å². The second-order valence-corrected chi connectivity index (χ2v) is 10.7. The van der Waals surface area contributed by atoms with Crippen LogP contribution in [0, 0.1) is 6.92 Å². The summed E-state index contributed by atoms with van der Waals surface area (Å²) in [5.41, 5.74) is 3.91. The molecule has 1 saturated heterocycles. The summed E-state index contributed by atoms with van der Waals surface area (Å²) in [5.74, 6) is 0.758. The molecule has 0 amide bonds. The first kappa shape index (κ1) is 20.0. The number of aryl methyl sites for hydroxylation is 1. The van der Waals surface area contributed by atoms with Crippen molar-refractivity contribution in [3.05, 3.63) is 57.2 Å². The Morgan fingerprint density at radius 1 is 1.33 bits per heavy atom. The Labute approximate surface area is 189 Å². The van der Waals surface area contributed by atoms with E-state index >= 15 is 0 Å². The Hall–Kier alpha value is -1.98. The first-order chi connectivity index (χ1) is 14.7. The van der Waals surface area contributed by atoms with Gasteiger partial charge >= 0.3 is 149 Å². The zero-order valence-corrected chi connectivity index (χ0v) is 19.6. The van der Waals surface area contributed by atoms with Gasteiger partial charge in [0.2, 0.25) is 0 Å². The van der Waals surface area contributed by atoms with E-state index in [1.54, 1.807) is 11.3 Å². The third-order valence-corrected chi connectivity index (χ3v) is 7.66. The van der Waals surface area contributed by atoms with Crippen molar-refractivity contribution in [1.29, 1.82) is 0 Å². The molecule has 0 aliphatic carbocycles. The Kier molecular flexibility index (Phi) is 5.74. The van der Waals surface area contributed by atoms with Gasteiger partial charge in [-0.3, -0.25) is 4.90 Å².